The number of para-hydroxylation sites is 1. The molecule has 2 nitrogen and oxygen atoms in total. The van der Waals surface area contributed by atoms with Gasteiger partial charge in [-0.1, -0.05) is 42.5 Å². The third-order valence-corrected chi connectivity index (χ3v) is 4.91. The molecule has 4 aromatic rings. The van der Waals surface area contributed by atoms with Crippen molar-refractivity contribution in [3.05, 3.63) is 72.8 Å². The number of rotatable bonds is 3. The molecule has 4 rings (SSSR count). The average molecular weight is 317 g/mol. The molecule has 0 saturated carbocycles. The Balaban J connectivity index is 1.86. The van der Waals surface area contributed by atoms with Gasteiger partial charge in [-0.3, -0.25) is 0 Å². The summed E-state index contributed by atoms with van der Waals surface area (Å²) in [5.41, 5.74) is 4.40. The molecule has 0 aliphatic heterocycles. The summed E-state index contributed by atoms with van der Waals surface area (Å²) < 4.78 is 6.74. The Bertz CT molecular complexity index is 927. The van der Waals surface area contributed by atoms with Crippen molar-refractivity contribution in [1.29, 1.82) is 0 Å². The summed E-state index contributed by atoms with van der Waals surface area (Å²) in [7, 11) is 1.71. The molecule has 0 spiro atoms. The zero-order valence-electron chi connectivity index (χ0n) is 12.7. The smallest absolute Gasteiger partial charge is 0.126 e. The van der Waals surface area contributed by atoms with Crippen molar-refractivity contribution < 1.29 is 4.74 Å². The molecule has 1 aromatic heterocycles. The molecule has 0 atom stereocenters. The Hall–Kier alpha value is -2.65. The van der Waals surface area contributed by atoms with Crippen molar-refractivity contribution in [3.63, 3.8) is 0 Å². The minimum Gasteiger partial charge on any atom is -0.496 e. The van der Waals surface area contributed by atoms with E-state index in [1.165, 1.54) is 4.70 Å². The summed E-state index contributed by atoms with van der Waals surface area (Å²) in [4.78, 5) is 4.75. The number of methoxy groups -OCH3 is 1. The highest BCUT2D eigenvalue weighted by Gasteiger charge is 2.11. The number of ether oxygens (including phenoxy) is 1. The molecular weight excluding hydrogens is 302 g/mol. The zero-order valence-corrected chi connectivity index (χ0v) is 13.5. The van der Waals surface area contributed by atoms with Gasteiger partial charge >= 0.3 is 0 Å². The molecule has 1 heterocycles. The minimum atomic E-state index is 0.876. The Labute approximate surface area is 139 Å². The van der Waals surface area contributed by atoms with Gasteiger partial charge in [0.25, 0.3) is 0 Å². The maximum atomic E-state index is 5.53. The first kappa shape index (κ1) is 14.0. The number of hydrogen-bond donors (Lipinski definition) is 0. The highest BCUT2D eigenvalue weighted by molar-refractivity contribution is 7.21. The van der Waals surface area contributed by atoms with Crippen LogP contribution in [0.4, 0.5) is 0 Å². The second-order valence-electron chi connectivity index (χ2n) is 5.27. The molecule has 0 bridgehead atoms. The van der Waals surface area contributed by atoms with Gasteiger partial charge in [0.05, 0.1) is 17.3 Å². The zero-order chi connectivity index (χ0) is 15.6. The molecular formula is C20H15NOS. The van der Waals surface area contributed by atoms with Crippen molar-refractivity contribution in [2.75, 3.05) is 7.11 Å². The number of fused-ring (bicyclic) bond motifs is 1. The van der Waals surface area contributed by atoms with E-state index >= 15 is 0 Å². The molecule has 0 unspecified atom stereocenters. The highest BCUT2D eigenvalue weighted by atomic mass is 32.1. The molecule has 23 heavy (non-hydrogen) atoms. The number of nitrogens with zero attached hydrogens (tertiary/aromatic N) is 1. The van der Waals surface area contributed by atoms with Gasteiger partial charge in [0.15, 0.2) is 0 Å². The first-order chi connectivity index (χ1) is 11.3. The number of aromatic nitrogens is 1. The SMILES string of the molecule is COc1ccc(-c2nc3ccccc3s2)cc1-c1ccccc1. The van der Waals surface area contributed by atoms with E-state index in [-0.39, 0.29) is 0 Å². The van der Waals surface area contributed by atoms with Crippen LogP contribution in [0.3, 0.4) is 0 Å². The number of benzene rings is 3. The number of thiazole rings is 1. The molecule has 0 fully saturated rings. The summed E-state index contributed by atoms with van der Waals surface area (Å²) >= 11 is 1.72. The Morgan fingerprint density at radius 2 is 1.61 bits per heavy atom. The van der Waals surface area contributed by atoms with Gasteiger partial charge in [-0.25, -0.2) is 4.98 Å². The lowest BCUT2D eigenvalue weighted by atomic mass is 10.0. The van der Waals surface area contributed by atoms with Gasteiger partial charge in [0, 0.05) is 11.1 Å². The van der Waals surface area contributed by atoms with E-state index in [4.69, 9.17) is 9.72 Å². The minimum absolute atomic E-state index is 0.876. The summed E-state index contributed by atoms with van der Waals surface area (Å²) in [6.07, 6.45) is 0. The van der Waals surface area contributed by atoms with Crippen molar-refractivity contribution >= 4 is 21.6 Å². The summed E-state index contributed by atoms with van der Waals surface area (Å²) in [6, 6.07) is 24.8. The summed E-state index contributed by atoms with van der Waals surface area (Å²) in [5.74, 6) is 0.876. The monoisotopic (exact) mass is 317 g/mol. The normalized spacial score (nSPS) is 10.8. The Kier molecular flexibility index (Phi) is 3.56. The summed E-state index contributed by atoms with van der Waals surface area (Å²) in [6.45, 7) is 0. The van der Waals surface area contributed by atoms with E-state index < -0.39 is 0 Å². The third kappa shape index (κ3) is 2.60. The number of hydrogen-bond acceptors (Lipinski definition) is 3. The van der Waals surface area contributed by atoms with Crippen LogP contribution in [0.5, 0.6) is 5.75 Å². The van der Waals surface area contributed by atoms with Gasteiger partial charge in [-0.05, 0) is 35.9 Å². The quantitative estimate of drug-likeness (QED) is 0.488. The van der Waals surface area contributed by atoms with Gasteiger partial charge < -0.3 is 4.74 Å². The fourth-order valence-corrected chi connectivity index (χ4v) is 3.64. The van der Waals surface area contributed by atoms with E-state index in [2.05, 4.69) is 36.4 Å². The van der Waals surface area contributed by atoms with Crippen LogP contribution in [-0.2, 0) is 0 Å². The lowest BCUT2D eigenvalue weighted by Crippen LogP contribution is -1.89. The van der Waals surface area contributed by atoms with Crippen LogP contribution in [0.15, 0.2) is 72.8 Å². The third-order valence-electron chi connectivity index (χ3n) is 3.83. The molecule has 112 valence electrons. The topological polar surface area (TPSA) is 22.1 Å². The fraction of sp³-hybridized carbons (Fsp3) is 0.0500. The van der Waals surface area contributed by atoms with E-state index in [0.717, 1.165) is 33.0 Å². The second kappa shape index (κ2) is 5.86. The Morgan fingerprint density at radius 3 is 2.39 bits per heavy atom. The molecule has 0 aliphatic rings. The van der Waals surface area contributed by atoms with Crippen LogP contribution in [0, 0.1) is 0 Å². The van der Waals surface area contributed by atoms with Gasteiger partial charge in [-0.15, -0.1) is 11.3 Å². The van der Waals surface area contributed by atoms with E-state index in [1.54, 1.807) is 18.4 Å². The molecule has 3 aromatic carbocycles. The van der Waals surface area contributed by atoms with Crippen molar-refractivity contribution in [3.8, 4) is 27.4 Å². The summed E-state index contributed by atoms with van der Waals surface area (Å²) in [5, 5.41) is 1.03. The predicted octanol–water partition coefficient (Wildman–Crippen LogP) is 5.64. The molecule has 0 N–H and O–H groups in total. The lowest BCUT2D eigenvalue weighted by molar-refractivity contribution is 0.416. The van der Waals surface area contributed by atoms with Crippen LogP contribution in [0.1, 0.15) is 0 Å². The first-order valence-electron chi connectivity index (χ1n) is 7.44. The average Bonchev–Trinajstić information content (AvgIpc) is 3.06. The molecule has 0 saturated heterocycles. The van der Waals surface area contributed by atoms with Crippen LogP contribution >= 0.6 is 11.3 Å². The maximum Gasteiger partial charge on any atom is 0.126 e. The molecule has 0 radical (unpaired) electrons. The maximum absolute atomic E-state index is 5.53. The van der Waals surface area contributed by atoms with Crippen LogP contribution in [-0.4, -0.2) is 12.1 Å². The van der Waals surface area contributed by atoms with Crippen LogP contribution in [0.2, 0.25) is 0 Å². The molecule has 3 heteroatoms. The second-order valence-corrected chi connectivity index (χ2v) is 6.30. The van der Waals surface area contributed by atoms with Crippen LogP contribution in [0.25, 0.3) is 31.9 Å². The van der Waals surface area contributed by atoms with Gasteiger partial charge in [0.2, 0.25) is 0 Å². The van der Waals surface area contributed by atoms with E-state index in [9.17, 15) is 0 Å². The van der Waals surface area contributed by atoms with E-state index in [0.29, 0.717) is 0 Å². The van der Waals surface area contributed by atoms with Gasteiger partial charge in [-0.2, -0.15) is 0 Å². The van der Waals surface area contributed by atoms with Crippen LogP contribution < -0.4 is 4.74 Å². The van der Waals surface area contributed by atoms with Crippen molar-refractivity contribution in [2.45, 2.75) is 0 Å². The molecule has 0 amide bonds. The highest BCUT2D eigenvalue weighted by Crippen LogP contribution is 2.36. The fourth-order valence-electron chi connectivity index (χ4n) is 2.68. The first-order valence-corrected chi connectivity index (χ1v) is 8.26. The van der Waals surface area contributed by atoms with Crippen molar-refractivity contribution in [1.82, 2.24) is 4.98 Å². The lowest BCUT2D eigenvalue weighted by Gasteiger charge is -2.10. The standard InChI is InChI=1S/C20H15NOS/c1-22-18-12-11-15(13-16(18)14-7-3-2-4-8-14)20-21-17-9-5-6-10-19(17)23-20/h2-13H,1H3. The largest absolute Gasteiger partial charge is 0.496 e. The van der Waals surface area contributed by atoms with Crippen molar-refractivity contribution in [2.24, 2.45) is 0 Å². The predicted molar refractivity (Wildman–Crippen MR) is 97.0 cm³/mol. The molecule has 0 aliphatic carbocycles. The Morgan fingerprint density at radius 1 is 0.826 bits per heavy atom. The van der Waals surface area contributed by atoms with Gasteiger partial charge in [0.1, 0.15) is 10.8 Å². The van der Waals surface area contributed by atoms with E-state index in [1.807, 2.05) is 36.4 Å².